The van der Waals surface area contributed by atoms with Gasteiger partial charge in [-0.3, -0.25) is 4.79 Å². The summed E-state index contributed by atoms with van der Waals surface area (Å²) in [5, 5.41) is 21.7. The number of aryl methyl sites for hydroxylation is 1. The van der Waals surface area contributed by atoms with Crippen molar-refractivity contribution in [2.45, 2.75) is 32.5 Å². The van der Waals surface area contributed by atoms with Gasteiger partial charge in [0.2, 0.25) is 5.91 Å². The molecule has 0 fully saturated rings. The van der Waals surface area contributed by atoms with Crippen molar-refractivity contribution in [3.05, 3.63) is 23.7 Å². The van der Waals surface area contributed by atoms with Gasteiger partial charge in [-0.25, -0.2) is 0 Å². The van der Waals surface area contributed by atoms with Crippen molar-refractivity contribution < 1.29 is 19.4 Å². The first kappa shape index (κ1) is 12.7. The van der Waals surface area contributed by atoms with E-state index in [0.717, 1.165) is 12.2 Å². The summed E-state index contributed by atoms with van der Waals surface area (Å²) in [5.74, 6) is 0.815. The second-order valence-corrected chi connectivity index (χ2v) is 3.61. The van der Waals surface area contributed by atoms with Gasteiger partial charge in [0.25, 0.3) is 0 Å². The van der Waals surface area contributed by atoms with Crippen LogP contribution in [0.3, 0.4) is 0 Å². The maximum absolute atomic E-state index is 10.6. The van der Waals surface area contributed by atoms with E-state index in [9.17, 15) is 15.0 Å². The molecule has 0 bridgehead atoms. The highest BCUT2D eigenvalue weighted by atomic mass is 16.4. The number of carbonyl (C=O) groups excluding carboxylic acids is 1. The Bertz CT molecular complexity index is 348. The SMILES string of the molecule is CCc1ccc(C(O)C(O)CNC(C)=O)o1. The third kappa shape index (κ3) is 3.36. The largest absolute Gasteiger partial charge is 0.463 e. The van der Waals surface area contributed by atoms with Crippen molar-refractivity contribution in [1.29, 1.82) is 0 Å². The average molecular weight is 227 g/mol. The van der Waals surface area contributed by atoms with Crippen LogP contribution in [0, 0.1) is 0 Å². The first-order valence-electron chi connectivity index (χ1n) is 5.23. The number of nitrogens with one attached hydrogen (secondary N) is 1. The van der Waals surface area contributed by atoms with Crippen molar-refractivity contribution >= 4 is 5.91 Å². The highest BCUT2D eigenvalue weighted by Crippen LogP contribution is 2.19. The van der Waals surface area contributed by atoms with E-state index in [1.54, 1.807) is 12.1 Å². The minimum Gasteiger partial charge on any atom is -0.463 e. The molecular weight excluding hydrogens is 210 g/mol. The van der Waals surface area contributed by atoms with Crippen LogP contribution >= 0.6 is 0 Å². The Labute approximate surface area is 94.1 Å². The molecule has 0 saturated heterocycles. The number of rotatable bonds is 5. The number of carbonyl (C=O) groups is 1. The van der Waals surface area contributed by atoms with Gasteiger partial charge >= 0.3 is 0 Å². The number of aliphatic hydroxyl groups is 2. The third-order valence-corrected chi connectivity index (χ3v) is 2.25. The second-order valence-electron chi connectivity index (χ2n) is 3.61. The maximum Gasteiger partial charge on any atom is 0.216 e. The van der Waals surface area contributed by atoms with E-state index in [1.165, 1.54) is 6.92 Å². The molecule has 90 valence electrons. The molecule has 3 N–H and O–H groups in total. The normalized spacial score (nSPS) is 14.5. The fraction of sp³-hybridized carbons (Fsp3) is 0.545. The molecule has 0 aliphatic carbocycles. The lowest BCUT2D eigenvalue weighted by Gasteiger charge is -2.15. The summed E-state index contributed by atoms with van der Waals surface area (Å²) in [5.41, 5.74) is 0. The monoisotopic (exact) mass is 227 g/mol. The minimum absolute atomic E-state index is 0.00133. The number of hydrogen-bond acceptors (Lipinski definition) is 4. The average Bonchev–Trinajstić information content (AvgIpc) is 2.73. The van der Waals surface area contributed by atoms with Gasteiger partial charge < -0.3 is 19.9 Å². The quantitative estimate of drug-likeness (QED) is 0.678. The Morgan fingerprint density at radius 2 is 2.19 bits per heavy atom. The molecule has 0 aromatic carbocycles. The topological polar surface area (TPSA) is 82.7 Å². The molecule has 5 heteroatoms. The van der Waals surface area contributed by atoms with E-state index in [1.807, 2.05) is 6.92 Å². The van der Waals surface area contributed by atoms with Gasteiger partial charge in [-0.1, -0.05) is 6.92 Å². The first-order chi connectivity index (χ1) is 7.54. The Morgan fingerprint density at radius 1 is 1.50 bits per heavy atom. The van der Waals surface area contributed by atoms with Crippen molar-refractivity contribution in [2.24, 2.45) is 0 Å². The van der Waals surface area contributed by atoms with E-state index < -0.39 is 12.2 Å². The van der Waals surface area contributed by atoms with Crippen LogP contribution in [-0.2, 0) is 11.2 Å². The van der Waals surface area contributed by atoms with Crippen LogP contribution in [-0.4, -0.2) is 28.8 Å². The van der Waals surface area contributed by atoms with Crippen LogP contribution in [0.2, 0.25) is 0 Å². The zero-order chi connectivity index (χ0) is 12.1. The molecule has 0 spiro atoms. The molecule has 5 nitrogen and oxygen atoms in total. The summed E-state index contributed by atoms with van der Waals surface area (Å²) < 4.78 is 5.30. The Kier molecular flexibility index (Phi) is 4.52. The highest BCUT2D eigenvalue weighted by Gasteiger charge is 2.21. The van der Waals surface area contributed by atoms with Gasteiger partial charge in [0, 0.05) is 19.9 Å². The smallest absolute Gasteiger partial charge is 0.216 e. The molecule has 2 atom stereocenters. The lowest BCUT2D eigenvalue weighted by atomic mass is 10.1. The van der Waals surface area contributed by atoms with Gasteiger partial charge in [0.05, 0.1) is 0 Å². The lowest BCUT2D eigenvalue weighted by molar-refractivity contribution is -0.119. The fourth-order valence-corrected chi connectivity index (χ4v) is 1.29. The molecule has 0 saturated carbocycles. The van der Waals surface area contributed by atoms with Gasteiger partial charge in [-0.05, 0) is 12.1 Å². The van der Waals surface area contributed by atoms with Crippen LogP contribution < -0.4 is 5.32 Å². The van der Waals surface area contributed by atoms with Gasteiger partial charge in [-0.15, -0.1) is 0 Å². The number of hydrogen-bond donors (Lipinski definition) is 3. The summed E-state index contributed by atoms with van der Waals surface area (Å²) in [6.07, 6.45) is -1.46. The predicted molar refractivity (Wildman–Crippen MR) is 57.7 cm³/mol. The van der Waals surface area contributed by atoms with Crippen molar-refractivity contribution in [1.82, 2.24) is 5.32 Å². The summed E-state index contributed by atoms with van der Waals surface area (Å²) in [4.78, 5) is 10.6. The highest BCUT2D eigenvalue weighted by molar-refractivity contribution is 5.72. The summed E-state index contributed by atoms with van der Waals surface area (Å²) in [7, 11) is 0. The van der Waals surface area contributed by atoms with Gasteiger partial charge in [0.15, 0.2) is 0 Å². The van der Waals surface area contributed by atoms with Crippen molar-refractivity contribution in [3.8, 4) is 0 Å². The van der Waals surface area contributed by atoms with E-state index in [0.29, 0.717) is 5.76 Å². The lowest BCUT2D eigenvalue weighted by Crippen LogP contribution is -2.34. The fourth-order valence-electron chi connectivity index (χ4n) is 1.29. The van der Waals surface area contributed by atoms with Gasteiger partial charge in [-0.2, -0.15) is 0 Å². The molecule has 1 aromatic heterocycles. The minimum atomic E-state index is -1.12. The molecule has 1 heterocycles. The standard InChI is InChI=1S/C11H17NO4/c1-3-8-4-5-10(16-8)11(15)9(14)6-12-7(2)13/h4-5,9,11,14-15H,3,6H2,1-2H3,(H,12,13). The number of furan rings is 1. The van der Waals surface area contributed by atoms with Crippen LogP contribution in [0.5, 0.6) is 0 Å². The van der Waals surface area contributed by atoms with E-state index >= 15 is 0 Å². The first-order valence-corrected chi connectivity index (χ1v) is 5.23. The van der Waals surface area contributed by atoms with Crippen LogP contribution in [0.15, 0.2) is 16.5 Å². The summed E-state index contributed by atoms with van der Waals surface area (Å²) >= 11 is 0. The van der Waals surface area contributed by atoms with Crippen molar-refractivity contribution in [2.75, 3.05) is 6.54 Å². The molecule has 0 aliphatic rings. The van der Waals surface area contributed by atoms with Crippen LogP contribution in [0.1, 0.15) is 31.5 Å². The predicted octanol–water partition coefficient (Wildman–Crippen LogP) is 0.372. The van der Waals surface area contributed by atoms with E-state index in [4.69, 9.17) is 4.42 Å². The molecule has 1 rings (SSSR count). The third-order valence-electron chi connectivity index (χ3n) is 2.25. The van der Waals surface area contributed by atoms with E-state index in [-0.39, 0.29) is 12.5 Å². The van der Waals surface area contributed by atoms with Crippen molar-refractivity contribution in [3.63, 3.8) is 0 Å². The number of aliphatic hydroxyl groups excluding tert-OH is 2. The second kappa shape index (κ2) is 5.67. The molecular formula is C11H17NO4. The summed E-state index contributed by atoms with van der Waals surface area (Å²) in [6, 6.07) is 3.38. The van der Waals surface area contributed by atoms with E-state index in [2.05, 4.69) is 5.32 Å². The molecule has 1 aromatic rings. The Hall–Kier alpha value is -1.33. The van der Waals surface area contributed by atoms with Crippen LogP contribution in [0.4, 0.5) is 0 Å². The molecule has 1 amide bonds. The zero-order valence-corrected chi connectivity index (χ0v) is 9.43. The summed E-state index contributed by atoms with van der Waals surface area (Å²) in [6.45, 7) is 3.28. The molecule has 0 aliphatic heterocycles. The molecule has 2 unspecified atom stereocenters. The number of amides is 1. The Balaban J connectivity index is 2.55. The zero-order valence-electron chi connectivity index (χ0n) is 9.43. The van der Waals surface area contributed by atoms with Gasteiger partial charge in [0.1, 0.15) is 23.7 Å². The molecule has 16 heavy (non-hydrogen) atoms. The molecule has 0 radical (unpaired) electrons. The van der Waals surface area contributed by atoms with Crippen LogP contribution in [0.25, 0.3) is 0 Å². The Morgan fingerprint density at radius 3 is 2.69 bits per heavy atom. The maximum atomic E-state index is 10.6.